The molecule has 4 heteroatoms. The van der Waals surface area contributed by atoms with Gasteiger partial charge in [-0.05, 0) is 23.6 Å². The van der Waals surface area contributed by atoms with Crippen LogP contribution in [0.5, 0.6) is 0 Å². The van der Waals surface area contributed by atoms with E-state index in [1.54, 1.807) is 0 Å². The van der Waals surface area contributed by atoms with Crippen LogP contribution in [0.25, 0.3) is 0 Å². The van der Waals surface area contributed by atoms with Crippen LogP contribution in [-0.4, -0.2) is 6.00 Å². The lowest BCUT2D eigenvalue weighted by Gasteiger charge is -2.08. The first-order valence-corrected chi connectivity index (χ1v) is 10.2. The highest BCUT2D eigenvalue weighted by Crippen LogP contribution is 2.19. The van der Waals surface area contributed by atoms with Crippen molar-refractivity contribution in [1.82, 2.24) is 0 Å². The van der Waals surface area contributed by atoms with Gasteiger partial charge >= 0.3 is 6.00 Å². The predicted octanol–water partition coefficient (Wildman–Crippen LogP) is 4.28. The first kappa shape index (κ1) is 13.4. The number of rotatable bonds is 5. The Morgan fingerprint density at radius 2 is 1.60 bits per heavy atom. The summed E-state index contributed by atoms with van der Waals surface area (Å²) in [5.74, 6) is 0. The minimum Gasteiger partial charge on any atom is -0.121 e. The highest BCUT2D eigenvalue weighted by molar-refractivity contribution is 7.69. The first-order chi connectivity index (χ1) is 7.04. The van der Waals surface area contributed by atoms with Crippen molar-refractivity contribution in [2.75, 3.05) is 0 Å². The zero-order chi connectivity index (χ0) is 11.3. The molecule has 0 radical (unpaired) electrons. The molecule has 0 spiro atoms. The molecule has 0 fully saturated rings. The zero-order valence-corrected chi connectivity index (χ0v) is 12.0. The van der Waals surface area contributed by atoms with Gasteiger partial charge in [-0.2, -0.15) is 0 Å². The molecule has 0 nitrogen and oxygen atoms in total. The third-order valence-electron chi connectivity index (χ3n) is 2.35. The predicted molar refractivity (Wildman–Crippen MR) is 72.6 cm³/mol. The molecular weight excluding hydrogens is 267 g/mol. The van der Waals surface area contributed by atoms with Gasteiger partial charge in [0.2, 0.25) is 0 Å². The van der Waals surface area contributed by atoms with Gasteiger partial charge in [-0.15, -0.1) is 33.2 Å². The van der Waals surface area contributed by atoms with Crippen LogP contribution in [0.2, 0.25) is 0 Å². The molecule has 15 heavy (non-hydrogen) atoms. The van der Waals surface area contributed by atoms with Crippen LogP contribution >= 0.6 is 33.2 Å². The Balaban J connectivity index is 2.57. The summed E-state index contributed by atoms with van der Waals surface area (Å²) in [5, 5.41) is 0.867. The van der Waals surface area contributed by atoms with Gasteiger partial charge < -0.3 is 0 Å². The summed E-state index contributed by atoms with van der Waals surface area (Å²) >= 11 is 17.7. The van der Waals surface area contributed by atoms with Crippen LogP contribution in [-0.2, 0) is 6.42 Å². The number of hydrogen-bond donors (Lipinski definition) is 0. The van der Waals surface area contributed by atoms with Crippen LogP contribution < -0.4 is 5.19 Å². The minimum atomic E-state index is -2.68. The average molecular weight is 282 g/mol. The summed E-state index contributed by atoms with van der Waals surface area (Å²) in [6.45, 7) is 2.21. The van der Waals surface area contributed by atoms with E-state index >= 15 is 0 Å². The van der Waals surface area contributed by atoms with E-state index in [2.05, 4.69) is 19.1 Å². The molecule has 0 aromatic heterocycles. The van der Waals surface area contributed by atoms with Gasteiger partial charge in [0.25, 0.3) is 0 Å². The smallest absolute Gasteiger partial charge is 0.121 e. The van der Waals surface area contributed by atoms with Crippen molar-refractivity contribution in [2.45, 2.75) is 32.6 Å². The molecule has 0 N–H and O–H groups in total. The van der Waals surface area contributed by atoms with Crippen molar-refractivity contribution in [1.29, 1.82) is 0 Å². The molecule has 0 unspecified atom stereocenters. The molecular formula is C11H15Cl3Si. The Kier molecular flexibility index (Phi) is 5.48. The van der Waals surface area contributed by atoms with E-state index < -0.39 is 6.00 Å². The zero-order valence-electron chi connectivity index (χ0n) is 8.77. The lowest BCUT2D eigenvalue weighted by atomic mass is 10.1. The van der Waals surface area contributed by atoms with Crippen molar-refractivity contribution in [3.8, 4) is 0 Å². The maximum absolute atomic E-state index is 5.91. The second-order valence-corrected chi connectivity index (χ2v) is 12.1. The summed E-state index contributed by atoms with van der Waals surface area (Å²) in [5.41, 5.74) is 1.33. The van der Waals surface area contributed by atoms with E-state index in [1.807, 2.05) is 12.1 Å². The van der Waals surface area contributed by atoms with E-state index in [-0.39, 0.29) is 0 Å². The Hall–Kier alpha value is 0.307. The maximum Gasteiger partial charge on any atom is 0.372 e. The van der Waals surface area contributed by atoms with Crippen LogP contribution in [0.3, 0.4) is 0 Å². The topological polar surface area (TPSA) is 0 Å². The molecule has 0 aliphatic rings. The summed E-state index contributed by atoms with van der Waals surface area (Å²) in [6, 6.07) is 5.35. The summed E-state index contributed by atoms with van der Waals surface area (Å²) < 4.78 is 0. The molecule has 0 aliphatic heterocycles. The summed E-state index contributed by atoms with van der Waals surface area (Å²) in [4.78, 5) is 0. The van der Waals surface area contributed by atoms with Gasteiger partial charge in [-0.3, -0.25) is 0 Å². The van der Waals surface area contributed by atoms with Crippen molar-refractivity contribution in [2.24, 2.45) is 0 Å². The van der Waals surface area contributed by atoms with E-state index in [4.69, 9.17) is 33.2 Å². The Bertz CT molecular complexity index is 290. The van der Waals surface area contributed by atoms with E-state index in [0.29, 0.717) is 0 Å². The largest absolute Gasteiger partial charge is 0.372 e. The lowest BCUT2D eigenvalue weighted by Crippen LogP contribution is -2.29. The molecule has 1 aromatic rings. The Morgan fingerprint density at radius 1 is 1.00 bits per heavy atom. The first-order valence-electron chi connectivity index (χ1n) is 5.20. The SMILES string of the molecule is CCCCCc1ccc([Si](Cl)(Cl)Cl)cc1. The van der Waals surface area contributed by atoms with E-state index in [1.165, 1.54) is 24.8 Å². The molecule has 0 bridgehead atoms. The Labute approximate surface area is 107 Å². The molecule has 1 aromatic carbocycles. The molecule has 84 valence electrons. The highest BCUT2D eigenvalue weighted by Gasteiger charge is 2.27. The van der Waals surface area contributed by atoms with Gasteiger partial charge in [0.15, 0.2) is 0 Å². The van der Waals surface area contributed by atoms with Crippen LogP contribution in [0, 0.1) is 0 Å². The molecule has 0 saturated heterocycles. The third-order valence-corrected chi connectivity index (χ3v) is 5.30. The van der Waals surface area contributed by atoms with Crippen LogP contribution in [0.15, 0.2) is 24.3 Å². The Morgan fingerprint density at radius 3 is 2.07 bits per heavy atom. The highest BCUT2D eigenvalue weighted by atomic mass is 35.8. The van der Waals surface area contributed by atoms with Crippen molar-refractivity contribution in [3.63, 3.8) is 0 Å². The molecule has 0 saturated carbocycles. The van der Waals surface area contributed by atoms with Gasteiger partial charge in [0.05, 0.1) is 0 Å². The van der Waals surface area contributed by atoms with Gasteiger partial charge in [0.1, 0.15) is 0 Å². The number of halogens is 3. The lowest BCUT2D eigenvalue weighted by molar-refractivity contribution is 0.717. The molecule has 1 rings (SSSR count). The monoisotopic (exact) mass is 280 g/mol. The van der Waals surface area contributed by atoms with Crippen molar-refractivity contribution in [3.05, 3.63) is 29.8 Å². The summed E-state index contributed by atoms with van der Waals surface area (Å²) in [7, 11) is 0. The molecule has 0 heterocycles. The number of hydrogen-bond acceptors (Lipinski definition) is 0. The third kappa shape index (κ3) is 4.77. The molecule has 0 atom stereocenters. The number of benzene rings is 1. The fourth-order valence-corrected chi connectivity index (χ4v) is 3.12. The van der Waals surface area contributed by atoms with Crippen LogP contribution in [0.1, 0.15) is 31.7 Å². The molecule has 0 amide bonds. The fraction of sp³-hybridized carbons (Fsp3) is 0.455. The van der Waals surface area contributed by atoms with Crippen molar-refractivity contribution < 1.29 is 0 Å². The number of unbranched alkanes of at least 4 members (excludes halogenated alkanes) is 2. The maximum atomic E-state index is 5.91. The number of aryl methyl sites for hydroxylation is 1. The van der Waals surface area contributed by atoms with Gasteiger partial charge in [0, 0.05) is 0 Å². The van der Waals surface area contributed by atoms with E-state index in [9.17, 15) is 0 Å². The minimum absolute atomic E-state index is 0.867. The van der Waals surface area contributed by atoms with Gasteiger partial charge in [-0.25, -0.2) is 0 Å². The molecule has 0 aliphatic carbocycles. The summed E-state index contributed by atoms with van der Waals surface area (Å²) in [6.07, 6.45) is 4.89. The van der Waals surface area contributed by atoms with Crippen molar-refractivity contribution >= 4 is 44.4 Å². The fourth-order valence-electron chi connectivity index (χ4n) is 1.44. The second kappa shape index (κ2) is 6.14. The van der Waals surface area contributed by atoms with Gasteiger partial charge in [-0.1, -0.05) is 44.0 Å². The standard InChI is InChI=1S/C11H15Cl3Si/c1-2-3-4-5-10-6-8-11(9-7-10)15(12,13)14/h6-9H,2-5H2,1H3. The normalized spacial score (nSPS) is 11.7. The van der Waals surface area contributed by atoms with E-state index in [0.717, 1.165) is 11.6 Å². The second-order valence-electron chi connectivity index (χ2n) is 3.65. The average Bonchev–Trinajstić information content (AvgIpc) is 2.18. The van der Waals surface area contributed by atoms with Crippen LogP contribution in [0.4, 0.5) is 0 Å². The quantitative estimate of drug-likeness (QED) is 0.429.